The summed E-state index contributed by atoms with van der Waals surface area (Å²) in [4.78, 5) is 22.6. The van der Waals surface area contributed by atoms with Gasteiger partial charge in [-0.2, -0.15) is 0 Å². The Labute approximate surface area is 114 Å². The molecule has 3 rings (SSSR count). The van der Waals surface area contributed by atoms with Gasteiger partial charge in [0, 0.05) is 23.3 Å². The van der Waals surface area contributed by atoms with E-state index in [1.54, 1.807) is 24.5 Å². The van der Waals surface area contributed by atoms with Crippen molar-refractivity contribution < 1.29 is 9.90 Å². The summed E-state index contributed by atoms with van der Waals surface area (Å²) in [6.07, 6.45) is 4.60. The lowest BCUT2D eigenvalue weighted by molar-refractivity contribution is -0.130. The topological polar surface area (TPSA) is 78.9 Å². The molecule has 5 heteroatoms. The predicted molar refractivity (Wildman–Crippen MR) is 75.8 cm³/mol. The number of fused-ring (bicyclic) bond motifs is 1. The molecule has 1 aromatic carbocycles. The maximum atomic E-state index is 11.4. The second-order valence-electron chi connectivity index (χ2n) is 4.24. The van der Waals surface area contributed by atoms with Gasteiger partial charge in [0.25, 0.3) is 0 Å². The van der Waals surface area contributed by atoms with Crippen LogP contribution in [0.5, 0.6) is 0 Å². The van der Waals surface area contributed by atoms with E-state index < -0.39 is 5.97 Å². The maximum Gasteiger partial charge on any atom is 0.337 e. The van der Waals surface area contributed by atoms with E-state index in [-0.39, 0.29) is 5.57 Å². The summed E-state index contributed by atoms with van der Waals surface area (Å²) in [6.45, 7) is 0. The minimum atomic E-state index is -1.02. The van der Waals surface area contributed by atoms with Crippen LogP contribution in [0.1, 0.15) is 11.5 Å². The maximum absolute atomic E-state index is 11.4. The highest BCUT2D eigenvalue weighted by Gasteiger charge is 2.13. The summed E-state index contributed by atoms with van der Waals surface area (Å²) in [7, 11) is 0. The second-order valence-corrected chi connectivity index (χ2v) is 4.24. The highest BCUT2D eigenvalue weighted by Crippen LogP contribution is 2.22. The van der Waals surface area contributed by atoms with Gasteiger partial charge < -0.3 is 10.1 Å². The molecule has 0 spiro atoms. The number of aromatic amines is 1. The molecule has 0 saturated heterocycles. The number of aliphatic carboxylic acids is 1. The van der Waals surface area contributed by atoms with Crippen LogP contribution in [0.3, 0.4) is 0 Å². The highest BCUT2D eigenvalue weighted by molar-refractivity contribution is 6.20. The fourth-order valence-corrected chi connectivity index (χ4v) is 1.99. The van der Waals surface area contributed by atoms with Crippen molar-refractivity contribution in [3.63, 3.8) is 0 Å². The van der Waals surface area contributed by atoms with Gasteiger partial charge in [-0.3, -0.25) is 0 Å². The number of carboxylic acids is 1. The molecule has 0 amide bonds. The van der Waals surface area contributed by atoms with Crippen LogP contribution < -0.4 is 0 Å². The monoisotopic (exact) mass is 265 g/mol. The number of carbonyl (C=O) groups is 1. The van der Waals surface area contributed by atoms with Crippen molar-refractivity contribution in [3.05, 3.63) is 60.3 Å². The van der Waals surface area contributed by atoms with Gasteiger partial charge in [-0.15, -0.1) is 0 Å². The van der Waals surface area contributed by atoms with E-state index in [0.29, 0.717) is 11.5 Å². The van der Waals surface area contributed by atoms with Crippen LogP contribution >= 0.6 is 0 Å². The third-order valence-corrected chi connectivity index (χ3v) is 2.91. The first-order chi connectivity index (χ1) is 9.74. The summed E-state index contributed by atoms with van der Waals surface area (Å²) < 4.78 is 0. The number of aromatic nitrogens is 3. The Morgan fingerprint density at radius 1 is 1.15 bits per heavy atom. The van der Waals surface area contributed by atoms with E-state index >= 15 is 0 Å². The molecule has 0 saturated carbocycles. The van der Waals surface area contributed by atoms with Crippen molar-refractivity contribution in [1.29, 1.82) is 0 Å². The lowest BCUT2D eigenvalue weighted by Gasteiger charge is -1.99. The average Bonchev–Trinajstić information content (AvgIpc) is 2.89. The molecule has 20 heavy (non-hydrogen) atoms. The lowest BCUT2D eigenvalue weighted by atomic mass is 10.1. The molecular weight excluding hydrogens is 254 g/mol. The van der Waals surface area contributed by atoms with E-state index in [0.717, 1.165) is 10.9 Å². The Hall–Kier alpha value is -2.95. The molecule has 3 aromatic rings. The highest BCUT2D eigenvalue weighted by atomic mass is 16.4. The first-order valence-corrected chi connectivity index (χ1v) is 6.04. The molecule has 0 radical (unpaired) electrons. The van der Waals surface area contributed by atoms with Crippen LogP contribution in [-0.4, -0.2) is 26.0 Å². The number of rotatable bonds is 3. The molecule has 0 aliphatic heterocycles. The summed E-state index contributed by atoms with van der Waals surface area (Å²) in [5.74, 6) is -0.660. The summed E-state index contributed by atoms with van der Waals surface area (Å²) >= 11 is 0. The van der Waals surface area contributed by atoms with Crippen molar-refractivity contribution in [2.45, 2.75) is 0 Å². The zero-order chi connectivity index (χ0) is 13.9. The fraction of sp³-hybridized carbons (Fsp3) is 0. The number of nitrogens with zero attached hydrogens (tertiary/aromatic N) is 2. The fourth-order valence-electron chi connectivity index (χ4n) is 1.99. The van der Waals surface area contributed by atoms with Crippen molar-refractivity contribution in [3.8, 4) is 0 Å². The zero-order valence-corrected chi connectivity index (χ0v) is 10.4. The van der Waals surface area contributed by atoms with Gasteiger partial charge in [0.1, 0.15) is 0 Å². The average molecular weight is 265 g/mol. The minimum Gasteiger partial charge on any atom is -0.478 e. The number of hydrogen-bond donors (Lipinski definition) is 2. The summed E-state index contributed by atoms with van der Waals surface area (Å²) in [6, 6.07) is 11.1. The van der Waals surface area contributed by atoms with Gasteiger partial charge in [-0.05, 0) is 24.3 Å². The quantitative estimate of drug-likeness (QED) is 0.713. The molecule has 5 nitrogen and oxygen atoms in total. The third kappa shape index (κ3) is 2.29. The van der Waals surface area contributed by atoms with Crippen LogP contribution in [0.15, 0.2) is 48.8 Å². The van der Waals surface area contributed by atoms with Gasteiger partial charge in [0.15, 0.2) is 5.82 Å². The Morgan fingerprint density at radius 3 is 2.60 bits per heavy atom. The Morgan fingerprint density at radius 2 is 1.90 bits per heavy atom. The zero-order valence-electron chi connectivity index (χ0n) is 10.4. The van der Waals surface area contributed by atoms with Crippen molar-refractivity contribution in [1.82, 2.24) is 15.0 Å². The SMILES string of the molecule is O=C(O)C(=Cc1ncccn1)c1cc2ccccc2[nH]1. The minimum absolute atomic E-state index is 0.132. The second kappa shape index (κ2) is 4.97. The smallest absolute Gasteiger partial charge is 0.337 e. The molecule has 0 fully saturated rings. The van der Waals surface area contributed by atoms with E-state index in [4.69, 9.17) is 0 Å². The Kier molecular flexibility index (Phi) is 3.01. The number of para-hydroxylation sites is 1. The van der Waals surface area contributed by atoms with Crippen LogP contribution in [0.4, 0.5) is 0 Å². The van der Waals surface area contributed by atoms with Crippen LogP contribution in [0.2, 0.25) is 0 Å². The van der Waals surface area contributed by atoms with E-state index in [1.165, 1.54) is 6.08 Å². The van der Waals surface area contributed by atoms with Gasteiger partial charge >= 0.3 is 5.97 Å². The predicted octanol–water partition coefficient (Wildman–Crippen LogP) is 2.58. The number of hydrogen-bond acceptors (Lipinski definition) is 3. The first-order valence-electron chi connectivity index (χ1n) is 6.04. The molecule has 0 bridgehead atoms. The Balaban J connectivity index is 2.11. The number of H-pyrrole nitrogens is 1. The molecule has 2 heterocycles. The summed E-state index contributed by atoms with van der Waals surface area (Å²) in [5.41, 5.74) is 1.56. The molecule has 98 valence electrons. The van der Waals surface area contributed by atoms with Gasteiger partial charge in [0.05, 0.1) is 11.3 Å². The Bertz CT molecular complexity index is 758. The van der Waals surface area contributed by atoms with Crippen LogP contribution in [0.25, 0.3) is 22.6 Å². The lowest BCUT2D eigenvalue weighted by Crippen LogP contribution is -2.00. The van der Waals surface area contributed by atoms with Crippen molar-refractivity contribution in [2.75, 3.05) is 0 Å². The van der Waals surface area contributed by atoms with E-state index in [1.807, 2.05) is 24.3 Å². The molecule has 2 N–H and O–H groups in total. The van der Waals surface area contributed by atoms with Gasteiger partial charge in [-0.1, -0.05) is 18.2 Å². The molecule has 0 unspecified atom stereocenters. The number of carboxylic acid groups (broad SMARTS) is 1. The molecule has 2 aromatic heterocycles. The van der Waals surface area contributed by atoms with E-state index in [2.05, 4.69) is 15.0 Å². The molecule has 0 atom stereocenters. The van der Waals surface area contributed by atoms with Gasteiger partial charge in [0.2, 0.25) is 0 Å². The first kappa shape index (κ1) is 12.1. The number of nitrogens with one attached hydrogen (secondary N) is 1. The molecule has 0 aliphatic rings. The largest absolute Gasteiger partial charge is 0.478 e. The van der Waals surface area contributed by atoms with Crippen molar-refractivity contribution in [2.24, 2.45) is 0 Å². The molecular formula is C15H11N3O2. The number of benzene rings is 1. The van der Waals surface area contributed by atoms with Crippen LogP contribution in [0, 0.1) is 0 Å². The third-order valence-electron chi connectivity index (χ3n) is 2.91. The van der Waals surface area contributed by atoms with E-state index in [9.17, 15) is 9.90 Å². The van der Waals surface area contributed by atoms with Crippen LogP contribution in [-0.2, 0) is 4.79 Å². The normalized spacial score (nSPS) is 11.7. The van der Waals surface area contributed by atoms with Gasteiger partial charge in [-0.25, -0.2) is 14.8 Å². The standard InChI is InChI=1S/C15H11N3O2/c19-15(20)11(9-14-16-6-3-7-17-14)13-8-10-4-1-2-5-12(10)18-13/h1-9,18H,(H,19,20). The van der Waals surface area contributed by atoms with Crippen molar-refractivity contribution >= 4 is 28.5 Å². The molecule has 0 aliphatic carbocycles. The summed E-state index contributed by atoms with van der Waals surface area (Å²) in [5, 5.41) is 10.3.